The summed E-state index contributed by atoms with van der Waals surface area (Å²) in [5.41, 5.74) is 7.61. The van der Waals surface area contributed by atoms with E-state index in [-0.39, 0.29) is 0 Å². The van der Waals surface area contributed by atoms with Gasteiger partial charge >= 0.3 is 0 Å². The van der Waals surface area contributed by atoms with E-state index < -0.39 is 0 Å². The van der Waals surface area contributed by atoms with E-state index >= 15 is 0 Å². The molecule has 1 heterocycles. The van der Waals surface area contributed by atoms with Crippen LogP contribution in [0.15, 0.2) is 170 Å². The quantitative estimate of drug-likeness (QED) is 0.174. The minimum Gasteiger partial charge on any atom is -0.135 e. The SMILES string of the molecule is c1ccc(-c2c3ccccc3c(-c3cc(-c4cccc5c4ccc4c6ccccc6sc54)cc4ccccc34)c3ccccc23)cc1. The molecule has 0 spiro atoms. The normalized spacial score (nSPS) is 11.8. The molecule has 10 rings (SSSR count). The molecule has 9 aromatic carbocycles. The van der Waals surface area contributed by atoms with Gasteiger partial charge in [0.25, 0.3) is 0 Å². The number of hydrogen-bond donors (Lipinski definition) is 0. The van der Waals surface area contributed by atoms with E-state index in [0.717, 1.165) is 0 Å². The zero-order valence-electron chi connectivity index (χ0n) is 25.6. The van der Waals surface area contributed by atoms with Crippen molar-refractivity contribution in [3.8, 4) is 33.4 Å². The Balaban J connectivity index is 1.31. The molecule has 0 radical (unpaired) electrons. The lowest BCUT2D eigenvalue weighted by Gasteiger charge is -2.20. The van der Waals surface area contributed by atoms with Crippen LogP contribution in [0.3, 0.4) is 0 Å². The zero-order valence-corrected chi connectivity index (χ0v) is 26.4. The summed E-state index contributed by atoms with van der Waals surface area (Å²) in [7, 11) is 0. The Bertz CT molecular complexity index is 2780. The van der Waals surface area contributed by atoms with Crippen molar-refractivity contribution >= 4 is 74.6 Å². The summed E-state index contributed by atoms with van der Waals surface area (Å²) in [6, 6.07) is 62.7. The summed E-state index contributed by atoms with van der Waals surface area (Å²) in [6.45, 7) is 0. The van der Waals surface area contributed by atoms with Crippen molar-refractivity contribution in [3.05, 3.63) is 170 Å². The Kier molecular flexibility index (Phi) is 5.85. The van der Waals surface area contributed by atoms with Gasteiger partial charge in [0.1, 0.15) is 0 Å². The van der Waals surface area contributed by atoms with Crippen LogP contribution < -0.4 is 0 Å². The fourth-order valence-corrected chi connectivity index (χ4v) is 9.03. The second-order valence-electron chi connectivity index (χ2n) is 12.4. The monoisotopic (exact) mass is 612 g/mol. The first kappa shape index (κ1) is 26.5. The average Bonchev–Trinajstić information content (AvgIpc) is 3.53. The summed E-state index contributed by atoms with van der Waals surface area (Å²) < 4.78 is 2.70. The third-order valence-electron chi connectivity index (χ3n) is 9.84. The van der Waals surface area contributed by atoms with Crippen LogP contribution in [-0.2, 0) is 0 Å². The molecule has 0 bridgehead atoms. The van der Waals surface area contributed by atoms with E-state index in [9.17, 15) is 0 Å². The van der Waals surface area contributed by atoms with Crippen LogP contribution in [0.4, 0.5) is 0 Å². The molecule has 0 N–H and O–H groups in total. The van der Waals surface area contributed by atoms with Gasteiger partial charge in [-0.2, -0.15) is 0 Å². The summed E-state index contributed by atoms with van der Waals surface area (Å²) in [5.74, 6) is 0. The van der Waals surface area contributed by atoms with Gasteiger partial charge in [0, 0.05) is 25.6 Å². The standard InChI is InChI=1S/C46H28S/c1-2-13-29(14-3-1)44-36-18-6-8-20-38(36)45(39-21-9-7-19-37(39)44)42-28-31(27-30-15-4-5-16-32(30)42)33-22-12-23-40-34(33)25-26-41-35-17-10-11-24-43(35)47-46(40)41/h1-28H. The maximum absolute atomic E-state index is 2.45. The smallest absolute Gasteiger partial charge is 0.0434 e. The molecular weight excluding hydrogens is 585 g/mol. The molecule has 0 aliphatic carbocycles. The van der Waals surface area contributed by atoms with Crippen molar-refractivity contribution in [2.75, 3.05) is 0 Å². The lowest BCUT2D eigenvalue weighted by molar-refractivity contribution is 1.65. The molecule has 0 atom stereocenters. The summed E-state index contributed by atoms with van der Waals surface area (Å²) in [5, 5.41) is 12.9. The summed E-state index contributed by atoms with van der Waals surface area (Å²) in [6.07, 6.45) is 0. The van der Waals surface area contributed by atoms with Crippen LogP contribution in [0.2, 0.25) is 0 Å². The highest BCUT2D eigenvalue weighted by Crippen LogP contribution is 2.47. The molecular formula is C46H28S. The van der Waals surface area contributed by atoms with Crippen LogP contribution in [0, 0.1) is 0 Å². The molecule has 0 unspecified atom stereocenters. The predicted molar refractivity (Wildman–Crippen MR) is 206 cm³/mol. The van der Waals surface area contributed by atoms with Crippen molar-refractivity contribution in [1.82, 2.24) is 0 Å². The highest BCUT2D eigenvalue weighted by molar-refractivity contribution is 7.26. The van der Waals surface area contributed by atoms with Crippen LogP contribution in [-0.4, -0.2) is 0 Å². The molecule has 1 heteroatoms. The van der Waals surface area contributed by atoms with Gasteiger partial charge in [0.2, 0.25) is 0 Å². The van der Waals surface area contributed by atoms with Crippen LogP contribution >= 0.6 is 11.3 Å². The molecule has 0 aliphatic heterocycles. The summed E-state index contributed by atoms with van der Waals surface area (Å²) in [4.78, 5) is 0. The molecule has 0 saturated carbocycles. The number of rotatable bonds is 3. The van der Waals surface area contributed by atoms with Gasteiger partial charge in [-0.1, -0.05) is 152 Å². The fraction of sp³-hybridized carbons (Fsp3) is 0. The van der Waals surface area contributed by atoms with E-state index in [1.165, 1.54) is 96.6 Å². The van der Waals surface area contributed by atoms with Crippen LogP contribution in [0.25, 0.3) is 96.6 Å². The maximum atomic E-state index is 2.45. The molecule has 0 amide bonds. The van der Waals surface area contributed by atoms with Gasteiger partial charge < -0.3 is 0 Å². The molecule has 10 aromatic rings. The Labute approximate surface area is 276 Å². The Morgan fingerprint density at radius 2 is 0.851 bits per heavy atom. The van der Waals surface area contributed by atoms with Gasteiger partial charge in [-0.15, -0.1) is 11.3 Å². The topological polar surface area (TPSA) is 0 Å². The zero-order chi connectivity index (χ0) is 30.9. The van der Waals surface area contributed by atoms with Gasteiger partial charge in [-0.05, 0) is 89.3 Å². The molecule has 0 fully saturated rings. The van der Waals surface area contributed by atoms with Gasteiger partial charge in [0.05, 0.1) is 0 Å². The molecule has 1 aromatic heterocycles. The lowest BCUT2D eigenvalue weighted by atomic mass is 9.83. The van der Waals surface area contributed by atoms with Crippen molar-refractivity contribution < 1.29 is 0 Å². The molecule has 0 aliphatic rings. The Morgan fingerprint density at radius 3 is 1.60 bits per heavy atom. The Morgan fingerprint density at radius 1 is 0.298 bits per heavy atom. The average molecular weight is 613 g/mol. The summed E-state index contributed by atoms with van der Waals surface area (Å²) >= 11 is 1.90. The predicted octanol–water partition coefficient (Wildman–Crippen LogP) is 13.7. The van der Waals surface area contributed by atoms with E-state index in [1.54, 1.807) is 0 Å². The van der Waals surface area contributed by atoms with E-state index in [2.05, 4.69) is 170 Å². The molecule has 218 valence electrons. The van der Waals surface area contributed by atoms with Crippen molar-refractivity contribution in [1.29, 1.82) is 0 Å². The van der Waals surface area contributed by atoms with E-state index in [1.807, 2.05) is 11.3 Å². The number of benzene rings is 9. The minimum absolute atomic E-state index is 1.24. The van der Waals surface area contributed by atoms with Crippen molar-refractivity contribution in [2.24, 2.45) is 0 Å². The van der Waals surface area contributed by atoms with Crippen LogP contribution in [0.1, 0.15) is 0 Å². The third kappa shape index (κ3) is 4.00. The highest BCUT2D eigenvalue weighted by atomic mass is 32.1. The van der Waals surface area contributed by atoms with Crippen molar-refractivity contribution in [3.63, 3.8) is 0 Å². The van der Waals surface area contributed by atoms with Crippen LogP contribution in [0.5, 0.6) is 0 Å². The maximum Gasteiger partial charge on any atom is 0.0434 e. The first-order valence-electron chi connectivity index (χ1n) is 16.2. The fourth-order valence-electron chi connectivity index (χ4n) is 7.80. The third-order valence-corrected chi connectivity index (χ3v) is 11.1. The van der Waals surface area contributed by atoms with Gasteiger partial charge in [-0.25, -0.2) is 0 Å². The molecule has 0 nitrogen and oxygen atoms in total. The highest BCUT2D eigenvalue weighted by Gasteiger charge is 2.19. The van der Waals surface area contributed by atoms with Gasteiger partial charge in [-0.3, -0.25) is 0 Å². The number of thiophene rings is 1. The van der Waals surface area contributed by atoms with Crippen molar-refractivity contribution in [2.45, 2.75) is 0 Å². The Hall–Kier alpha value is -5.76. The van der Waals surface area contributed by atoms with Gasteiger partial charge in [0.15, 0.2) is 0 Å². The number of hydrogen-bond acceptors (Lipinski definition) is 1. The van der Waals surface area contributed by atoms with E-state index in [4.69, 9.17) is 0 Å². The molecule has 47 heavy (non-hydrogen) atoms. The first-order chi connectivity index (χ1) is 23.3. The molecule has 0 saturated heterocycles. The number of fused-ring (bicyclic) bond motifs is 8. The minimum atomic E-state index is 1.24. The second-order valence-corrected chi connectivity index (χ2v) is 13.4. The van der Waals surface area contributed by atoms with E-state index in [0.29, 0.717) is 0 Å². The largest absolute Gasteiger partial charge is 0.135 e. The first-order valence-corrected chi connectivity index (χ1v) is 17.0. The lowest BCUT2D eigenvalue weighted by Crippen LogP contribution is -1.92. The second kappa shape index (κ2) is 10.4.